The number of carbonyl (C=O) groups is 4. The van der Waals surface area contributed by atoms with Gasteiger partial charge in [-0.2, -0.15) is 0 Å². The number of methoxy groups -OCH3 is 1. The normalized spacial score (nSPS) is 36.7. The molecular weight excluding hydrogens is 746 g/mol. The van der Waals surface area contributed by atoms with Gasteiger partial charge in [-0.15, -0.1) is 0 Å². The summed E-state index contributed by atoms with van der Waals surface area (Å²) in [6.07, 6.45) is -6.74. The van der Waals surface area contributed by atoms with Gasteiger partial charge in [-0.25, -0.2) is 0 Å². The molecule has 3 aliphatic heterocycles. The minimum absolute atomic E-state index is 0.00518. The lowest BCUT2D eigenvalue weighted by Gasteiger charge is -2.48. The molecular formula is C41H51NO15. The Bertz CT molecular complexity index is 1920. The molecule has 3 fully saturated rings. The third-order valence-corrected chi connectivity index (χ3v) is 12.0. The smallest absolute Gasteiger partial charge is 0.316 e. The number of phenols is 2. The van der Waals surface area contributed by atoms with E-state index < -0.39 is 102 Å². The summed E-state index contributed by atoms with van der Waals surface area (Å²) in [6.45, 7) is 6.68. The molecule has 0 spiro atoms. The van der Waals surface area contributed by atoms with E-state index in [-0.39, 0.29) is 64.5 Å². The molecule has 2 aliphatic carbocycles. The number of fused-ring (bicyclic) bond motifs is 3. The second kappa shape index (κ2) is 15.7. The van der Waals surface area contributed by atoms with E-state index in [0.29, 0.717) is 12.8 Å². The number of ether oxygens (including phenoxy) is 7. The Hall–Kier alpha value is -3.84. The van der Waals surface area contributed by atoms with E-state index in [0.717, 1.165) is 7.11 Å². The average molecular weight is 798 g/mol. The number of benzene rings is 2. The Labute approximate surface area is 329 Å². The molecule has 16 nitrogen and oxygen atoms in total. The summed E-state index contributed by atoms with van der Waals surface area (Å²) in [5.41, 5.74) is -2.58. The van der Waals surface area contributed by atoms with Crippen LogP contribution in [0.3, 0.4) is 0 Å². The number of aliphatic hydroxyl groups is 2. The summed E-state index contributed by atoms with van der Waals surface area (Å²) in [6, 6.07) is 5.07. The van der Waals surface area contributed by atoms with Crippen molar-refractivity contribution >= 4 is 23.3 Å². The largest absolute Gasteiger partial charge is 0.507 e. The van der Waals surface area contributed by atoms with Crippen molar-refractivity contribution in [3.8, 4) is 11.5 Å². The van der Waals surface area contributed by atoms with Gasteiger partial charge in [0.15, 0.2) is 30.4 Å². The molecule has 0 amide bonds. The number of Topliss-reactive ketones (excluding diaryl/α,β-unsaturated/α-hetero) is 1. The van der Waals surface area contributed by atoms with Gasteiger partial charge in [-0.1, -0.05) is 12.1 Å². The highest BCUT2D eigenvalue weighted by molar-refractivity contribution is 6.30. The first-order valence-corrected chi connectivity index (χ1v) is 19.3. The van der Waals surface area contributed by atoms with Crippen LogP contribution in [0, 0.1) is 0 Å². The van der Waals surface area contributed by atoms with Crippen molar-refractivity contribution in [2.45, 2.75) is 139 Å². The van der Waals surface area contributed by atoms with Crippen molar-refractivity contribution in [1.29, 1.82) is 0 Å². The number of hydrogen-bond donors (Lipinski definition) is 4. The number of rotatable bonds is 8. The van der Waals surface area contributed by atoms with Gasteiger partial charge in [0.1, 0.15) is 35.7 Å². The maximum Gasteiger partial charge on any atom is 0.316 e. The SMILES string of the molecule is COC(=O)[C@@H]1c2cc3c(c(O)c2[C@@H](O[C@@H]2C[C@H](N(C)C)[C@H](O[C@H]4C[C@H](O)[C@@H](O[C@@H]5CCC(=O)[C@H](C)O5)[C@H](C)O4)[C@H](C)O2)C[C@@]1(C)O)C(=O)c1c(O)cccc1C3=O. The topological polar surface area (TPSA) is 217 Å². The molecule has 0 radical (unpaired) electrons. The average Bonchev–Trinajstić information content (AvgIpc) is 3.13. The third kappa shape index (κ3) is 7.51. The summed E-state index contributed by atoms with van der Waals surface area (Å²) >= 11 is 0. The quantitative estimate of drug-likeness (QED) is 0.241. The van der Waals surface area contributed by atoms with Crippen LogP contribution in [0.25, 0.3) is 0 Å². The Morgan fingerprint density at radius 2 is 1.54 bits per heavy atom. The number of phenolic OH excluding ortho intramolecular Hbond substituents is 2. The minimum Gasteiger partial charge on any atom is -0.507 e. The van der Waals surface area contributed by atoms with Crippen molar-refractivity contribution in [3.05, 3.63) is 57.6 Å². The lowest BCUT2D eigenvalue weighted by Crippen LogP contribution is -2.58. The fourth-order valence-corrected chi connectivity index (χ4v) is 9.06. The van der Waals surface area contributed by atoms with E-state index in [2.05, 4.69) is 0 Å². The van der Waals surface area contributed by atoms with E-state index in [4.69, 9.17) is 33.2 Å². The Morgan fingerprint density at radius 3 is 2.19 bits per heavy atom. The van der Waals surface area contributed by atoms with Crippen LogP contribution >= 0.6 is 0 Å². The van der Waals surface area contributed by atoms with Crippen LogP contribution in [-0.2, 0) is 42.7 Å². The first-order valence-electron chi connectivity index (χ1n) is 19.3. The highest BCUT2D eigenvalue weighted by Crippen LogP contribution is 2.53. The maximum absolute atomic E-state index is 13.9. The van der Waals surface area contributed by atoms with Crippen molar-refractivity contribution in [2.24, 2.45) is 0 Å². The van der Waals surface area contributed by atoms with E-state index in [1.807, 2.05) is 19.0 Å². The number of aliphatic hydroxyl groups excluding tert-OH is 1. The summed E-state index contributed by atoms with van der Waals surface area (Å²) < 4.78 is 42.4. The van der Waals surface area contributed by atoms with E-state index in [1.165, 1.54) is 31.2 Å². The molecule has 16 heteroatoms. The molecule has 5 aliphatic rings. The number of aromatic hydroxyl groups is 2. The summed E-state index contributed by atoms with van der Waals surface area (Å²) in [5, 5.41) is 45.4. The first kappa shape index (κ1) is 41.3. The number of ketones is 3. The van der Waals surface area contributed by atoms with Crippen LogP contribution in [0.4, 0.5) is 0 Å². The fourth-order valence-electron chi connectivity index (χ4n) is 9.06. The van der Waals surface area contributed by atoms with Crippen LogP contribution < -0.4 is 0 Å². The Kier molecular flexibility index (Phi) is 11.4. The fraction of sp³-hybridized carbons (Fsp3) is 0.610. The molecule has 0 bridgehead atoms. The van der Waals surface area contributed by atoms with Gasteiger partial charge in [0.25, 0.3) is 0 Å². The lowest BCUT2D eigenvalue weighted by atomic mass is 9.68. The zero-order valence-electron chi connectivity index (χ0n) is 33.0. The predicted octanol–water partition coefficient (Wildman–Crippen LogP) is 2.77. The number of carbonyl (C=O) groups excluding carboxylic acids is 4. The highest BCUT2D eigenvalue weighted by Gasteiger charge is 2.52. The second-order valence-corrected chi connectivity index (χ2v) is 16.2. The van der Waals surface area contributed by atoms with Gasteiger partial charge < -0.3 is 58.5 Å². The molecule has 310 valence electrons. The molecule has 0 aromatic heterocycles. The zero-order chi connectivity index (χ0) is 41.2. The van der Waals surface area contributed by atoms with Crippen molar-refractivity contribution in [3.63, 3.8) is 0 Å². The number of hydrogen-bond acceptors (Lipinski definition) is 16. The molecule has 0 saturated carbocycles. The van der Waals surface area contributed by atoms with Crippen molar-refractivity contribution < 1.29 is 72.8 Å². The maximum atomic E-state index is 13.9. The minimum atomic E-state index is -1.80. The van der Waals surface area contributed by atoms with Gasteiger partial charge in [0.2, 0.25) is 5.78 Å². The van der Waals surface area contributed by atoms with Crippen LogP contribution in [0.15, 0.2) is 24.3 Å². The van der Waals surface area contributed by atoms with Crippen molar-refractivity contribution in [2.75, 3.05) is 21.2 Å². The van der Waals surface area contributed by atoms with Crippen LogP contribution in [-0.4, -0.2) is 137 Å². The molecule has 3 heterocycles. The van der Waals surface area contributed by atoms with Gasteiger partial charge in [-0.3, -0.25) is 19.2 Å². The van der Waals surface area contributed by atoms with Gasteiger partial charge in [0.05, 0.1) is 48.3 Å². The molecule has 13 atom stereocenters. The molecule has 2 aromatic carbocycles. The second-order valence-electron chi connectivity index (χ2n) is 16.2. The van der Waals surface area contributed by atoms with Crippen LogP contribution in [0.2, 0.25) is 0 Å². The van der Waals surface area contributed by atoms with E-state index >= 15 is 0 Å². The van der Waals surface area contributed by atoms with Gasteiger partial charge >= 0.3 is 5.97 Å². The number of esters is 1. The lowest BCUT2D eigenvalue weighted by molar-refractivity contribution is -0.324. The molecule has 4 N–H and O–H groups in total. The van der Waals surface area contributed by atoms with Crippen LogP contribution in [0.5, 0.6) is 11.5 Å². The number of likely N-dealkylation sites (N-methyl/N-ethyl adjacent to an activating group) is 1. The zero-order valence-corrected chi connectivity index (χ0v) is 33.0. The Morgan fingerprint density at radius 1 is 0.877 bits per heavy atom. The number of nitrogens with zero attached hydrogens (tertiary/aromatic N) is 1. The van der Waals surface area contributed by atoms with Crippen molar-refractivity contribution in [1.82, 2.24) is 4.90 Å². The summed E-state index contributed by atoms with van der Waals surface area (Å²) in [4.78, 5) is 54.7. The first-order chi connectivity index (χ1) is 26.9. The van der Waals surface area contributed by atoms with E-state index in [9.17, 15) is 39.6 Å². The monoisotopic (exact) mass is 797 g/mol. The van der Waals surface area contributed by atoms with E-state index in [1.54, 1.807) is 20.8 Å². The summed E-state index contributed by atoms with van der Waals surface area (Å²) in [5.74, 6) is -4.65. The summed E-state index contributed by atoms with van der Waals surface area (Å²) in [7, 11) is 4.89. The molecule has 3 saturated heterocycles. The molecule has 7 rings (SSSR count). The predicted molar refractivity (Wildman–Crippen MR) is 197 cm³/mol. The highest BCUT2D eigenvalue weighted by atomic mass is 16.7. The standard InChI is InChI=1S/C41H51NO15/c1-17-24(43)11-12-28(52-17)56-39-19(3)54-30(15-26(39)45)57-38-18(2)53-29(14-23(38)42(5)6)55-27-16-41(4,50)34(40(49)51-7)21-13-22-33(37(48)32(21)27)36(47)31-20(35(22)46)9-8-10-25(31)44/h8-10,13,17-19,23,26-30,34,38-39,44-45,48,50H,11-12,14-16H2,1-7H3/t17-,18-,19-,23-,26-,27-,28+,29+,30-,34-,38+,39-,41+/m0/s1. The van der Waals surface area contributed by atoms with Gasteiger partial charge in [0, 0.05) is 54.8 Å². The van der Waals surface area contributed by atoms with Crippen LogP contribution in [0.1, 0.15) is 115 Å². The molecule has 2 aromatic rings. The Balaban J connectivity index is 1.12. The molecule has 0 unspecified atom stereocenters. The third-order valence-electron chi connectivity index (χ3n) is 12.0. The van der Waals surface area contributed by atoms with Gasteiger partial charge in [-0.05, 0) is 59.5 Å². The molecule has 57 heavy (non-hydrogen) atoms.